The fourth-order valence-corrected chi connectivity index (χ4v) is 3.29. The van der Waals surface area contributed by atoms with E-state index in [4.69, 9.17) is 5.73 Å². The molecule has 1 saturated heterocycles. The number of piperidine rings is 1. The van der Waals surface area contributed by atoms with Crippen LogP contribution in [0.3, 0.4) is 0 Å². The lowest BCUT2D eigenvalue weighted by molar-refractivity contribution is -1.08. The van der Waals surface area contributed by atoms with Crippen LogP contribution in [0.15, 0.2) is 24.4 Å². The number of nitrogens with zero attached hydrogens (tertiary/aromatic N) is 3. The van der Waals surface area contributed by atoms with E-state index in [1.807, 2.05) is 0 Å². The smallest absolute Gasteiger partial charge is 0.366 e. The summed E-state index contributed by atoms with van der Waals surface area (Å²) in [5.74, 6) is -2.81. The number of quaternary nitrogens is 1. The number of nitrogens with two attached hydrogens (primary N) is 1. The molecule has 0 radical (unpaired) electrons. The maximum atomic E-state index is 12.5. The molecule has 0 bridgehead atoms. The summed E-state index contributed by atoms with van der Waals surface area (Å²) in [5, 5.41) is 5.10. The maximum absolute atomic E-state index is 12.5. The number of primary amides is 1. The van der Waals surface area contributed by atoms with Gasteiger partial charge in [-0.05, 0) is 12.5 Å². The van der Waals surface area contributed by atoms with Crippen molar-refractivity contribution < 1.29 is 32.2 Å². The average molecular weight is 371 g/mol. The first-order chi connectivity index (χ1) is 12.1. The van der Waals surface area contributed by atoms with Gasteiger partial charge in [0.05, 0.1) is 5.56 Å². The summed E-state index contributed by atoms with van der Waals surface area (Å²) in [4.78, 5) is 27.4. The molecule has 2 aromatic rings. The van der Waals surface area contributed by atoms with Gasteiger partial charge in [-0.15, -0.1) is 4.65 Å². The summed E-state index contributed by atoms with van der Waals surface area (Å²) in [6.07, 6.45) is -2.10. The number of benzene rings is 1. The second kappa shape index (κ2) is 6.27. The van der Waals surface area contributed by atoms with Crippen molar-refractivity contribution in [1.29, 1.82) is 0 Å². The molecular weight excluding hydrogens is 353 g/mol. The molecule has 1 aromatic carbocycles. The number of amides is 1. The van der Waals surface area contributed by atoms with Gasteiger partial charge >= 0.3 is 12.1 Å². The molecule has 140 valence electrons. The van der Waals surface area contributed by atoms with Gasteiger partial charge in [-0.3, -0.25) is 14.3 Å². The molecule has 0 spiro atoms. The summed E-state index contributed by atoms with van der Waals surface area (Å²) in [5.41, 5.74) is 6.06. The number of likely N-dealkylation sites (tertiary alicyclic amines) is 1. The van der Waals surface area contributed by atoms with Crippen LogP contribution in [-0.4, -0.2) is 52.6 Å². The van der Waals surface area contributed by atoms with Gasteiger partial charge < -0.3 is 5.73 Å². The summed E-state index contributed by atoms with van der Waals surface area (Å²) < 4.78 is 38.6. The summed E-state index contributed by atoms with van der Waals surface area (Å²) >= 11 is 0. The number of fused-ring (bicyclic) bond motifs is 1. The molecule has 1 fully saturated rings. The Morgan fingerprint density at radius 3 is 2.77 bits per heavy atom. The van der Waals surface area contributed by atoms with E-state index in [9.17, 15) is 22.8 Å². The summed E-state index contributed by atoms with van der Waals surface area (Å²) in [6, 6.07) is 4.74. The monoisotopic (exact) mass is 371 g/mol. The Balaban J connectivity index is 1.86. The van der Waals surface area contributed by atoms with Gasteiger partial charge in [-0.1, -0.05) is 12.1 Å². The van der Waals surface area contributed by atoms with Crippen LogP contribution >= 0.6 is 0 Å². The fraction of sp³-hybridized carbons (Fsp3) is 0.438. The molecule has 1 amide bonds. The van der Waals surface area contributed by atoms with Crippen molar-refractivity contribution in [2.24, 2.45) is 5.73 Å². The van der Waals surface area contributed by atoms with Crippen molar-refractivity contribution in [3.63, 3.8) is 0 Å². The van der Waals surface area contributed by atoms with Crippen molar-refractivity contribution in [3.05, 3.63) is 30.0 Å². The quantitative estimate of drug-likeness (QED) is 0.836. The Kier molecular flexibility index (Phi) is 4.39. The lowest BCUT2D eigenvalue weighted by Gasteiger charge is -2.37. The lowest BCUT2D eigenvalue weighted by atomic mass is 10.1. The van der Waals surface area contributed by atoms with E-state index in [0.717, 1.165) is 0 Å². The number of carbonyl (C=O) groups excluding carboxylic acids is 2. The third kappa shape index (κ3) is 3.50. The van der Waals surface area contributed by atoms with Crippen LogP contribution < -0.4 is 5.73 Å². The van der Waals surface area contributed by atoms with Crippen LogP contribution in [-0.2, 0) is 9.63 Å². The van der Waals surface area contributed by atoms with E-state index in [1.54, 1.807) is 29.1 Å². The van der Waals surface area contributed by atoms with E-state index >= 15 is 0 Å². The van der Waals surface area contributed by atoms with Crippen LogP contribution in [0.4, 0.5) is 13.2 Å². The minimum absolute atomic E-state index is 0.141. The summed E-state index contributed by atoms with van der Waals surface area (Å²) in [6.45, 7) is 0.424. The van der Waals surface area contributed by atoms with Gasteiger partial charge in [0.25, 0.3) is 5.91 Å². The number of likely N-dealkylation sites (N-methyl/N-ethyl adjacent to an activating group) is 1. The van der Waals surface area contributed by atoms with Crippen molar-refractivity contribution in [2.75, 3.05) is 20.1 Å². The highest BCUT2D eigenvalue weighted by Crippen LogP contribution is 2.29. The largest absolute Gasteiger partial charge is 0.497 e. The first-order valence-corrected chi connectivity index (χ1v) is 8.02. The lowest BCUT2D eigenvalue weighted by Crippen LogP contribution is -2.54. The SMILES string of the molecule is C[N+]1(OC(=O)C(F)(F)F)CCCC(n2cc3cccc(C(N)=O)c3n2)C1. The third-order valence-corrected chi connectivity index (χ3v) is 4.49. The van der Waals surface area contributed by atoms with Crippen molar-refractivity contribution >= 4 is 22.8 Å². The Hall–Kier alpha value is -2.62. The average Bonchev–Trinajstić information content (AvgIpc) is 2.97. The first kappa shape index (κ1) is 18.2. The molecular formula is C16H18F3N4O3+. The summed E-state index contributed by atoms with van der Waals surface area (Å²) in [7, 11) is 1.44. The molecule has 1 aromatic heterocycles. The van der Waals surface area contributed by atoms with Crippen LogP contribution in [0.25, 0.3) is 10.9 Å². The van der Waals surface area contributed by atoms with Crippen LogP contribution in [0.1, 0.15) is 29.2 Å². The van der Waals surface area contributed by atoms with Gasteiger partial charge in [0.2, 0.25) is 0 Å². The maximum Gasteiger partial charge on any atom is 0.497 e. The number of hydrogen-bond acceptors (Lipinski definition) is 4. The van der Waals surface area contributed by atoms with Crippen molar-refractivity contribution in [1.82, 2.24) is 9.78 Å². The van der Waals surface area contributed by atoms with Crippen LogP contribution in [0.2, 0.25) is 0 Å². The van der Waals surface area contributed by atoms with Crippen molar-refractivity contribution in [2.45, 2.75) is 25.1 Å². The number of halogens is 3. The van der Waals surface area contributed by atoms with E-state index in [0.29, 0.717) is 23.7 Å². The first-order valence-electron chi connectivity index (χ1n) is 8.02. The number of aromatic nitrogens is 2. The third-order valence-electron chi connectivity index (χ3n) is 4.49. The van der Waals surface area contributed by atoms with Gasteiger partial charge in [0.15, 0.2) is 0 Å². The molecule has 2 unspecified atom stereocenters. The van der Waals surface area contributed by atoms with Crippen molar-refractivity contribution in [3.8, 4) is 0 Å². The van der Waals surface area contributed by atoms with Gasteiger partial charge in [0.1, 0.15) is 31.7 Å². The molecule has 1 aliphatic rings. The highest BCUT2D eigenvalue weighted by Gasteiger charge is 2.48. The van der Waals surface area contributed by atoms with Crippen LogP contribution in [0.5, 0.6) is 0 Å². The minimum atomic E-state index is -5.04. The second-order valence-corrected chi connectivity index (χ2v) is 6.59. The van der Waals surface area contributed by atoms with E-state index < -0.39 is 22.7 Å². The Morgan fingerprint density at radius 2 is 2.12 bits per heavy atom. The number of rotatable bonds is 3. The molecule has 2 heterocycles. The molecule has 0 saturated carbocycles. The van der Waals surface area contributed by atoms with Gasteiger partial charge in [-0.2, -0.15) is 18.3 Å². The second-order valence-electron chi connectivity index (χ2n) is 6.59. The Morgan fingerprint density at radius 1 is 1.38 bits per heavy atom. The van der Waals surface area contributed by atoms with Crippen LogP contribution in [0, 0.1) is 0 Å². The highest BCUT2D eigenvalue weighted by atomic mass is 19.4. The zero-order chi connectivity index (χ0) is 19.1. The highest BCUT2D eigenvalue weighted by molar-refractivity contribution is 6.04. The minimum Gasteiger partial charge on any atom is -0.366 e. The standard InChI is InChI=1S/C16H17F3N4O3/c1-23(26-15(25)16(17,18)19)7-3-5-11(9-23)22-8-10-4-2-6-12(14(20)24)13(10)21-22/h2,4,6,8,11H,3,5,7,9H2,1H3,(H-,20,24)/p+1. The van der Waals surface area contributed by atoms with E-state index in [1.165, 1.54) is 7.05 Å². The predicted octanol–water partition coefficient (Wildman–Crippen LogP) is 1.94. The number of hydroxylamine groups is 3. The molecule has 3 rings (SSSR count). The zero-order valence-corrected chi connectivity index (χ0v) is 14.0. The topological polar surface area (TPSA) is 87.2 Å². The molecule has 26 heavy (non-hydrogen) atoms. The molecule has 2 N–H and O–H groups in total. The number of alkyl halides is 3. The number of carbonyl (C=O) groups is 2. The molecule has 2 atom stereocenters. The normalized spacial score (nSPS) is 23.8. The molecule has 0 aliphatic carbocycles. The Labute approximate surface area is 146 Å². The van der Waals surface area contributed by atoms with E-state index in [2.05, 4.69) is 9.94 Å². The molecule has 7 nitrogen and oxygen atoms in total. The Bertz CT molecular complexity index is 864. The molecule has 1 aliphatic heterocycles. The predicted molar refractivity (Wildman–Crippen MR) is 84.6 cm³/mol. The molecule has 10 heteroatoms. The van der Waals surface area contributed by atoms with Gasteiger partial charge in [0, 0.05) is 18.0 Å². The fourth-order valence-electron chi connectivity index (χ4n) is 3.29. The van der Waals surface area contributed by atoms with E-state index in [-0.39, 0.29) is 24.7 Å². The van der Waals surface area contributed by atoms with Gasteiger partial charge in [-0.25, -0.2) is 4.79 Å². The number of hydrogen-bond donors (Lipinski definition) is 1. The zero-order valence-electron chi connectivity index (χ0n) is 14.0.